The van der Waals surface area contributed by atoms with Crippen molar-refractivity contribution >= 4 is 5.70 Å². The van der Waals surface area contributed by atoms with Gasteiger partial charge in [-0.25, -0.2) is 9.97 Å². The zero-order valence-electron chi connectivity index (χ0n) is 6.12. The standard InChI is InChI=1S/C8H9N3/c1-3-7(9-4-1)8-10-5-2-6-11-8/h2-3,5-6,9H,1,4H2. The van der Waals surface area contributed by atoms with Crippen molar-refractivity contribution in [2.75, 3.05) is 6.54 Å². The number of nitrogens with one attached hydrogen (secondary N) is 1. The van der Waals surface area contributed by atoms with Crippen LogP contribution in [0.25, 0.3) is 5.70 Å². The monoisotopic (exact) mass is 147 g/mol. The van der Waals surface area contributed by atoms with Crippen LogP contribution in [-0.4, -0.2) is 16.5 Å². The molecule has 2 heterocycles. The zero-order chi connectivity index (χ0) is 7.52. The van der Waals surface area contributed by atoms with E-state index in [1.165, 1.54) is 0 Å². The average Bonchev–Trinajstić information content (AvgIpc) is 2.58. The first kappa shape index (κ1) is 6.34. The summed E-state index contributed by atoms with van der Waals surface area (Å²) in [6.07, 6.45) is 6.70. The third-order valence-corrected chi connectivity index (χ3v) is 1.61. The highest BCUT2D eigenvalue weighted by atomic mass is 15.0. The van der Waals surface area contributed by atoms with Gasteiger partial charge >= 0.3 is 0 Å². The average molecular weight is 147 g/mol. The van der Waals surface area contributed by atoms with E-state index < -0.39 is 0 Å². The molecule has 56 valence electrons. The number of hydrogen-bond acceptors (Lipinski definition) is 3. The maximum Gasteiger partial charge on any atom is 0.175 e. The molecule has 0 saturated carbocycles. The third kappa shape index (κ3) is 1.22. The predicted octanol–water partition coefficient (Wildman–Crippen LogP) is 0.811. The fraction of sp³-hybridized carbons (Fsp3) is 0.250. The fourth-order valence-electron chi connectivity index (χ4n) is 1.10. The van der Waals surface area contributed by atoms with Gasteiger partial charge in [0.25, 0.3) is 0 Å². The van der Waals surface area contributed by atoms with Gasteiger partial charge in [0.1, 0.15) is 0 Å². The normalized spacial score (nSPS) is 15.8. The van der Waals surface area contributed by atoms with Crippen molar-refractivity contribution in [2.45, 2.75) is 6.42 Å². The lowest BCUT2D eigenvalue weighted by Gasteiger charge is -1.99. The van der Waals surface area contributed by atoms with Crippen molar-refractivity contribution in [3.8, 4) is 0 Å². The SMILES string of the molecule is C1=C(c2ncccn2)NCC1. The number of nitrogens with zero attached hydrogens (tertiary/aromatic N) is 2. The highest BCUT2D eigenvalue weighted by molar-refractivity contribution is 5.59. The van der Waals surface area contributed by atoms with Crippen LogP contribution in [0.2, 0.25) is 0 Å². The summed E-state index contributed by atoms with van der Waals surface area (Å²) in [5.41, 5.74) is 1.06. The minimum Gasteiger partial charge on any atom is -0.382 e. The molecule has 0 aromatic carbocycles. The predicted molar refractivity (Wildman–Crippen MR) is 42.6 cm³/mol. The second-order valence-corrected chi connectivity index (χ2v) is 2.41. The van der Waals surface area contributed by atoms with Crippen LogP contribution >= 0.6 is 0 Å². The fourth-order valence-corrected chi connectivity index (χ4v) is 1.10. The Hall–Kier alpha value is -1.38. The molecule has 3 heteroatoms. The lowest BCUT2D eigenvalue weighted by atomic mass is 10.4. The summed E-state index contributed by atoms with van der Waals surface area (Å²) >= 11 is 0. The summed E-state index contributed by atoms with van der Waals surface area (Å²) in [6, 6.07) is 1.82. The first-order valence-electron chi connectivity index (χ1n) is 3.68. The maximum atomic E-state index is 4.12. The van der Waals surface area contributed by atoms with E-state index in [-0.39, 0.29) is 0 Å². The van der Waals surface area contributed by atoms with Crippen LogP contribution in [0.3, 0.4) is 0 Å². The molecule has 0 amide bonds. The Morgan fingerprint density at radius 1 is 1.27 bits per heavy atom. The summed E-state index contributed by atoms with van der Waals surface area (Å²) in [6.45, 7) is 1.01. The number of rotatable bonds is 1. The van der Waals surface area contributed by atoms with E-state index in [2.05, 4.69) is 21.4 Å². The molecule has 3 nitrogen and oxygen atoms in total. The molecule has 1 N–H and O–H groups in total. The molecular weight excluding hydrogens is 138 g/mol. The Kier molecular flexibility index (Phi) is 1.55. The van der Waals surface area contributed by atoms with E-state index in [9.17, 15) is 0 Å². The van der Waals surface area contributed by atoms with Gasteiger partial charge in [-0.2, -0.15) is 0 Å². The second-order valence-electron chi connectivity index (χ2n) is 2.41. The number of aromatic nitrogens is 2. The highest BCUT2D eigenvalue weighted by Crippen LogP contribution is 2.09. The molecule has 11 heavy (non-hydrogen) atoms. The molecule has 0 aliphatic carbocycles. The van der Waals surface area contributed by atoms with Gasteiger partial charge in [0.2, 0.25) is 0 Å². The largest absolute Gasteiger partial charge is 0.382 e. The van der Waals surface area contributed by atoms with E-state index in [4.69, 9.17) is 0 Å². The van der Waals surface area contributed by atoms with Crippen molar-refractivity contribution in [1.29, 1.82) is 0 Å². The minimum atomic E-state index is 0.796. The van der Waals surface area contributed by atoms with Crippen LogP contribution < -0.4 is 5.32 Å². The van der Waals surface area contributed by atoms with E-state index in [1.54, 1.807) is 12.4 Å². The summed E-state index contributed by atoms with van der Waals surface area (Å²) in [5.74, 6) is 0.796. The van der Waals surface area contributed by atoms with Crippen LogP contribution in [0.5, 0.6) is 0 Å². The quantitative estimate of drug-likeness (QED) is 0.638. The van der Waals surface area contributed by atoms with Gasteiger partial charge in [-0.15, -0.1) is 0 Å². The van der Waals surface area contributed by atoms with Crippen LogP contribution in [-0.2, 0) is 0 Å². The molecule has 2 rings (SSSR count). The second kappa shape index (κ2) is 2.70. The molecule has 0 bridgehead atoms. The van der Waals surface area contributed by atoms with Crippen molar-refractivity contribution < 1.29 is 0 Å². The maximum absolute atomic E-state index is 4.12. The molecule has 0 spiro atoms. The molecule has 1 aliphatic heterocycles. The summed E-state index contributed by atoms with van der Waals surface area (Å²) in [5, 5.41) is 3.21. The molecule has 0 atom stereocenters. The van der Waals surface area contributed by atoms with Crippen molar-refractivity contribution in [2.24, 2.45) is 0 Å². The molecule has 1 aromatic heterocycles. The molecular formula is C8H9N3. The topological polar surface area (TPSA) is 37.8 Å². The Balaban J connectivity index is 2.29. The first-order valence-corrected chi connectivity index (χ1v) is 3.68. The molecule has 0 unspecified atom stereocenters. The molecule has 0 saturated heterocycles. The summed E-state index contributed by atoms with van der Waals surface area (Å²) in [7, 11) is 0. The van der Waals surface area contributed by atoms with Gasteiger partial charge in [-0.3, -0.25) is 0 Å². The summed E-state index contributed by atoms with van der Waals surface area (Å²) in [4.78, 5) is 8.24. The van der Waals surface area contributed by atoms with Crippen molar-refractivity contribution in [1.82, 2.24) is 15.3 Å². The van der Waals surface area contributed by atoms with Crippen LogP contribution in [0.1, 0.15) is 12.2 Å². The number of hydrogen-bond donors (Lipinski definition) is 1. The van der Waals surface area contributed by atoms with E-state index in [0.29, 0.717) is 0 Å². The zero-order valence-corrected chi connectivity index (χ0v) is 6.12. The van der Waals surface area contributed by atoms with Crippen molar-refractivity contribution in [3.63, 3.8) is 0 Å². The molecule has 1 aliphatic rings. The van der Waals surface area contributed by atoms with Gasteiger partial charge in [0.15, 0.2) is 5.82 Å². The lowest BCUT2D eigenvalue weighted by Crippen LogP contribution is -2.08. The van der Waals surface area contributed by atoms with Crippen LogP contribution in [0.4, 0.5) is 0 Å². The minimum absolute atomic E-state index is 0.796. The lowest BCUT2D eigenvalue weighted by molar-refractivity contribution is 0.914. The van der Waals surface area contributed by atoms with Crippen LogP contribution in [0, 0.1) is 0 Å². The van der Waals surface area contributed by atoms with Gasteiger partial charge < -0.3 is 5.32 Å². The summed E-state index contributed by atoms with van der Waals surface area (Å²) < 4.78 is 0. The van der Waals surface area contributed by atoms with Gasteiger partial charge in [-0.1, -0.05) is 6.08 Å². The Morgan fingerprint density at radius 2 is 2.09 bits per heavy atom. The van der Waals surface area contributed by atoms with Crippen LogP contribution in [0.15, 0.2) is 24.5 Å². The highest BCUT2D eigenvalue weighted by Gasteiger charge is 2.06. The van der Waals surface area contributed by atoms with Gasteiger partial charge in [0.05, 0.1) is 5.70 Å². The van der Waals surface area contributed by atoms with E-state index >= 15 is 0 Å². The third-order valence-electron chi connectivity index (χ3n) is 1.61. The van der Waals surface area contributed by atoms with E-state index in [1.807, 2.05) is 6.07 Å². The smallest absolute Gasteiger partial charge is 0.175 e. The Morgan fingerprint density at radius 3 is 2.73 bits per heavy atom. The molecule has 1 aromatic rings. The molecule has 0 radical (unpaired) electrons. The van der Waals surface area contributed by atoms with Gasteiger partial charge in [-0.05, 0) is 12.5 Å². The van der Waals surface area contributed by atoms with Gasteiger partial charge in [0, 0.05) is 18.9 Å². The Labute approximate surface area is 65.2 Å². The molecule has 0 fully saturated rings. The van der Waals surface area contributed by atoms with E-state index in [0.717, 1.165) is 24.5 Å². The Bertz CT molecular complexity index is 266. The first-order chi connectivity index (χ1) is 5.47. The van der Waals surface area contributed by atoms with Crippen molar-refractivity contribution in [3.05, 3.63) is 30.4 Å².